The quantitative estimate of drug-likeness (QED) is 0.836. The zero-order chi connectivity index (χ0) is 15.4. The van der Waals surface area contributed by atoms with E-state index in [4.69, 9.17) is 9.84 Å². The predicted octanol–water partition coefficient (Wildman–Crippen LogP) is 2.87. The first-order chi connectivity index (χ1) is 10.0. The summed E-state index contributed by atoms with van der Waals surface area (Å²) < 4.78 is 5.22. The second kappa shape index (κ2) is 7.14. The van der Waals surface area contributed by atoms with E-state index in [1.54, 1.807) is 21.0 Å². The highest BCUT2D eigenvalue weighted by molar-refractivity contribution is 5.48. The van der Waals surface area contributed by atoms with E-state index < -0.39 is 0 Å². The second-order valence-electron chi connectivity index (χ2n) is 6.11. The first-order valence-corrected chi connectivity index (χ1v) is 7.84. The molecule has 1 aromatic carbocycles. The van der Waals surface area contributed by atoms with Gasteiger partial charge in [0, 0.05) is 18.7 Å². The van der Waals surface area contributed by atoms with Crippen molar-refractivity contribution in [1.29, 1.82) is 0 Å². The molecule has 4 heteroatoms. The lowest BCUT2D eigenvalue weighted by molar-refractivity contribution is 0.138. The summed E-state index contributed by atoms with van der Waals surface area (Å²) in [6.07, 6.45) is 4.75. The van der Waals surface area contributed by atoms with Crippen LogP contribution in [0, 0.1) is 0 Å². The van der Waals surface area contributed by atoms with Crippen LogP contribution >= 0.6 is 0 Å². The molecule has 118 valence electrons. The largest absolute Gasteiger partial charge is 0.504 e. The summed E-state index contributed by atoms with van der Waals surface area (Å²) >= 11 is 0. The summed E-state index contributed by atoms with van der Waals surface area (Å²) in [4.78, 5) is 2.57. The summed E-state index contributed by atoms with van der Waals surface area (Å²) in [7, 11) is 1.61. The molecule has 0 spiro atoms. The van der Waals surface area contributed by atoms with E-state index in [1.165, 1.54) is 36.9 Å². The first-order valence-electron chi connectivity index (χ1n) is 7.84. The molecule has 0 radical (unpaired) electrons. The number of hydrogen-bond acceptors (Lipinski definition) is 4. The zero-order valence-electron chi connectivity index (χ0n) is 13.3. The molecule has 2 aliphatic heterocycles. The van der Waals surface area contributed by atoms with Crippen LogP contribution in [0.4, 0.5) is 0 Å². The topological polar surface area (TPSA) is 52.9 Å². The van der Waals surface area contributed by atoms with Crippen molar-refractivity contribution in [2.75, 3.05) is 20.2 Å². The molecule has 2 N–H and O–H groups in total. The van der Waals surface area contributed by atoms with Gasteiger partial charge in [0.25, 0.3) is 0 Å². The number of hydrogen-bond donors (Lipinski definition) is 2. The molecule has 0 aromatic heterocycles. The number of rotatable bonds is 1. The Morgan fingerprint density at radius 1 is 1.24 bits per heavy atom. The van der Waals surface area contributed by atoms with Crippen molar-refractivity contribution in [2.24, 2.45) is 0 Å². The highest BCUT2D eigenvalue weighted by atomic mass is 16.5. The van der Waals surface area contributed by atoms with Crippen LogP contribution in [0.5, 0.6) is 11.5 Å². The third-order valence-corrected chi connectivity index (χ3v) is 4.08. The molecule has 0 aliphatic carbocycles. The Kier molecular flexibility index (Phi) is 5.48. The van der Waals surface area contributed by atoms with Gasteiger partial charge in [0.05, 0.1) is 7.11 Å². The highest BCUT2D eigenvalue weighted by Crippen LogP contribution is 2.41. The number of phenolic OH excluding ortho intramolecular Hbond substituents is 1. The molecule has 1 aromatic rings. The van der Waals surface area contributed by atoms with Crippen LogP contribution < -0.4 is 4.74 Å². The fourth-order valence-electron chi connectivity index (χ4n) is 3.19. The minimum Gasteiger partial charge on any atom is -0.504 e. The summed E-state index contributed by atoms with van der Waals surface area (Å²) in [6.45, 7) is 5.79. The fourth-order valence-corrected chi connectivity index (χ4v) is 3.19. The maximum Gasteiger partial charge on any atom is 0.160 e. The number of methoxy groups -OCH3 is 1. The van der Waals surface area contributed by atoms with Crippen molar-refractivity contribution in [3.05, 3.63) is 23.3 Å². The molecule has 4 nitrogen and oxygen atoms in total. The Hall–Kier alpha value is -1.26. The third-order valence-electron chi connectivity index (χ3n) is 4.08. The molecule has 2 heterocycles. The van der Waals surface area contributed by atoms with Gasteiger partial charge in [-0.05, 0) is 62.9 Å². The Balaban J connectivity index is 0.000000361. The Morgan fingerprint density at radius 2 is 1.95 bits per heavy atom. The van der Waals surface area contributed by atoms with Gasteiger partial charge in [0.15, 0.2) is 11.5 Å². The summed E-state index contributed by atoms with van der Waals surface area (Å²) in [5.74, 6) is 0.881. The number of phenols is 1. The van der Waals surface area contributed by atoms with E-state index in [0.29, 0.717) is 11.8 Å². The maximum absolute atomic E-state index is 9.82. The molecule has 0 saturated carbocycles. The monoisotopic (exact) mass is 293 g/mol. The van der Waals surface area contributed by atoms with Crippen LogP contribution in [-0.2, 0) is 6.42 Å². The van der Waals surface area contributed by atoms with Crippen molar-refractivity contribution in [3.8, 4) is 11.5 Å². The Bertz CT molecular complexity index is 471. The van der Waals surface area contributed by atoms with E-state index in [1.807, 2.05) is 12.1 Å². The van der Waals surface area contributed by atoms with Crippen molar-refractivity contribution >= 4 is 0 Å². The van der Waals surface area contributed by atoms with Crippen molar-refractivity contribution < 1.29 is 14.9 Å². The normalized spacial score (nSPS) is 21.1. The number of benzene rings is 1. The molecule has 21 heavy (non-hydrogen) atoms. The summed E-state index contributed by atoms with van der Waals surface area (Å²) in [6, 6.07) is 4.47. The minimum atomic E-state index is -0.167. The summed E-state index contributed by atoms with van der Waals surface area (Å²) in [5, 5.41) is 17.9. The molecule has 1 unspecified atom stereocenters. The van der Waals surface area contributed by atoms with Crippen LogP contribution in [0.3, 0.4) is 0 Å². The molecule has 1 fully saturated rings. The Morgan fingerprint density at radius 3 is 2.62 bits per heavy atom. The fraction of sp³-hybridized carbons (Fsp3) is 0.647. The van der Waals surface area contributed by atoms with Gasteiger partial charge in [0.1, 0.15) is 0 Å². The van der Waals surface area contributed by atoms with Gasteiger partial charge in [0.2, 0.25) is 0 Å². The highest BCUT2D eigenvalue weighted by Gasteiger charge is 2.30. The van der Waals surface area contributed by atoms with Gasteiger partial charge in [-0.2, -0.15) is 0 Å². The number of aromatic hydroxyl groups is 1. The molecular weight excluding hydrogens is 266 g/mol. The van der Waals surface area contributed by atoms with E-state index in [9.17, 15) is 5.11 Å². The lowest BCUT2D eigenvalue weighted by atomic mass is 9.86. The molecule has 3 rings (SSSR count). The van der Waals surface area contributed by atoms with Crippen LogP contribution in [0.15, 0.2) is 12.1 Å². The number of ether oxygens (including phenoxy) is 1. The van der Waals surface area contributed by atoms with Gasteiger partial charge in [-0.3, -0.25) is 4.90 Å². The number of aliphatic hydroxyl groups is 1. The van der Waals surface area contributed by atoms with Gasteiger partial charge < -0.3 is 14.9 Å². The first kappa shape index (κ1) is 16.1. The number of fused-ring (bicyclic) bond motifs is 3. The van der Waals surface area contributed by atoms with Crippen LogP contribution in [-0.4, -0.2) is 41.4 Å². The van der Waals surface area contributed by atoms with E-state index in [0.717, 1.165) is 13.0 Å². The van der Waals surface area contributed by atoms with Gasteiger partial charge in [-0.1, -0.05) is 6.42 Å². The predicted molar refractivity (Wildman–Crippen MR) is 83.9 cm³/mol. The number of nitrogens with zero attached hydrogens (tertiary/aromatic N) is 1. The zero-order valence-corrected chi connectivity index (χ0v) is 13.3. The van der Waals surface area contributed by atoms with E-state index in [2.05, 4.69) is 4.90 Å². The SMILES string of the molecule is CC(C)O.COc1cc2c(cc1O)CCN1CCCCC21. The van der Waals surface area contributed by atoms with Crippen LogP contribution in [0.25, 0.3) is 0 Å². The van der Waals surface area contributed by atoms with Crippen molar-refractivity contribution in [2.45, 2.75) is 51.7 Å². The molecule has 1 saturated heterocycles. The standard InChI is InChI=1S/C14H19NO2.C3H8O/c1-17-14-9-11-10(8-13(14)16)5-7-15-6-3-2-4-12(11)15;1-3(2)4/h8-9,12,16H,2-7H2,1H3;3-4H,1-2H3. The van der Waals surface area contributed by atoms with Gasteiger partial charge in [-0.25, -0.2) is 0 Å². The second-order valence-corrected chi connectivity index (χ2v) is 6.11. The number of aliphatic hydroxyl groups excluding tert-OH is 1. The third kappa shape index (κ3) is 3.89. The van der Waals surface area contributed by atoms with Crippen LogP contribution in [0.1, 0.15) is 50.3 Å². The number of piperidine rings is 1. The minimum absolute atomic E-state index is 0.167. The molecular formula is C17H27NO3. The van der Waals surface area contributed by atoms with Crippen LogP contribution in [0.2, 0.25) is 0 Å². The van der Waals surface area contributed by atoms with E-state index >= 15 is 0 Å². The maximum atomic E-state index is 9.82. The lowest BCUT2D eigenvalue weighted by Gasteiger charge is -2.40. The summed E-state index contributed by atoms with van der Waals surface area (Å²) in [5.41, 5.74) is 2.66. The molecule has 0 bridgehead atoms. The Labute approximate surface area is 127 Å². The average molecular weight is 293 g/mol. The van der Waals surface area contributed by atoms with Crippen molar-refractivity contribution in [1.82, 2.24) is 4.90 Å². The molecule has 1 atom stereocenters. The smallest absolute Gasteiger partial charge is 0.160 e. The molecule has 0 amide bonds. The van der Waals surface area contributed by atoms with Gasteiger partial charge in [-0.15, -0.1) is 0 Å². The average Bonchev–Trinajstić information content (AvgIpc) is 2.45. The molecule has 2 aliphatic rings. The van der Waals surface area contributed by atoms with Gasteiger partial charge >= 0.3 is 0 Å². The van der Waals surface area contributed by atoms with E-state index in [-0.39, 0.29) is 11.9 Å². The van der Waals surface area contributed by atoms with Crippen molar-refractivity contribution in [3.63, 3.8) is 0 Å². The lowest BCUT2D eigenvalue weighted by Crippen LogP contribution is -2.38.